The Morgan fingerprint density at radius 1 is 1.18 bits per heavy atom. The number of nitrogens with two attached hydrogens (primary N) is 1. The fourth-order valence-electron chi connectivity index (χ4n) is 2.32. The highest BCUT2D eigenvalue weighted by Gasteiger charge is 2.39. The molecule has 1 aromatic rings. The highest BCUT2D eigenvalue weighted by molar-refractivity contribution is 9.10. The van der Waals surface area contributed by atoms with Gasteiger partial charge in [0.1, 0.15) is 5.75 Å². The van der Waals surface area contributed by atoms with Crippen molar-refractivity contribution in [3.63, 3.8) is 0 Å². The van der Waals surface area contributed by atoms with E-state index < -0.39 is 0 Å². The van der Waals surface area contributed by atoms with E-state index in [1.165, 1.54) is 26.7 Å². The third-order valence-electron chi connectivity index (χ3n) is 3.91. The summed E-state index contributed by atoms with van der Waals surface area (Å²) in [6, 6.07) is 0. The molecule has 2 nitrogen and oxygen atoms in total. The molecule has 2 N–H and O–H groups in total. The van der Waals surface area contributed by atoms with Crippen LogP contribution in [0.4, 0.5) is 0 Å². The molecule has 0 bridgehead atoms. The topological polar surface area (TPSA) is 35.2 Å². The van der Waals surface area contributed by atoms with Gasteiger partial charge in [-0.25, -0.2) is 0 Å². The largest absolute Gasteiger partial charge is 0.496 e. The first-order valence-corrected chi connectivity index (χ1v) is 6.80. The molecule has 17 heavy (non-hydrogen) atoms. The standard InChI is InChI=1S/C14H20BrNO/c1-8-9(2)13(17-4)11(10(3)12(8)15)7-14(16)5-6-14/h5-7,16H2,1-4H3. The van der Waals surface area contributed by atoms with E-state index >= 15 is 0 Å². The SMILES string of the molecule is COc1c(C)c(C)c(Br)c(C)c1CC1(N)CC1. The monoisotopic (exact) mass is 297 g/mol. The molecule has 1 aromatic carbocycles. The van der Waals surface area contributed by atoms with Gasteiger partial charge in [0, 0.05) is 15.6 Å². The Hall–Kier alpha value is -0.540. The van der Waals surface area contributed by atoms with Crippen LogP contribution in [0.3, 0.4) is 0 Å². The Bertz CT molecular complexity index is 464. The summed E-state index contributed by atoms with van der Waals surface area (Å²) < 4.78 is 6.78. The van der Waals surface area contributed by atoms with Crippen LogP contribution in [0.5, 0.6) is 5.75 Å². The number of methoxy groups -OCH3 is 1. The number of hydrogen-bond donors (Lipinski definition) is 1. The number of benzene rings is 1. The van der Waals surface area contributed by atoms with Crippen LogP contribution in [0, 0.1) is 20.8 Å². The Morgan fingerprint density at radius 2 is 1.76 bits per heavy atom. The predicted octanol–water partition coefficient (Wildman–Crippen LogP) is 3.42. The van der Waals surface area contributed by atoms with Crippen molar-refractivity contribution >= 4 is 15.9 Å². The number of hydrogen-bond acceptors (Lipinski definition) is 2. The molecule has 0 heterocycles. The molecule has 1 fully saturated rings. The van der Waals surface area contributed by atoms with Gasteiger partial charge in [0.05, 0.1) is 7.11 Å². The summed E-state index contributed by atoms with van der Waals surface area (Å²) in [5.74, 6) is 1.01. The molecule has 3 heteroatoms. The number of halogens is 1. The molecule has 1 aliphatic carbocycles. The summed E-state index contributed by atoms with van der Waals surface area (Å²) in [5.41, 5.74) is 11.2. The highest BCUT2D eigenvalue weighted by Crippen LogP contribution is 2.42. The zero-order valence-corrected chi connectivity index (χ0v) is 12.6. The minimum absolute atomic E-state index is 0.0131. The predicted molar refractivity (Wildman–Crippen MR) is 74.8 cm³/mol. The van der Waals surface area contributed by atoms with E-state index in [1.54, 1.807) is 7.11 Å². The van der Waals surface area contributed by atoms with E-state index in [-0.39, 0.29) is 5.54 Å². The molecule has 0 radical (unpaired) electrons. The van der Waals surface area contributed by atoms with Gasteiger partial charge in [0.15, 0.2) is 0 Å². The Morgan fingerprint density at radius 3 is 2.24 bits per heavy atom. The highest BCUT2D eigenvalue weighted by atomic mass is 79.9. The van der Waals surface area contributed by atoms with E-state index in [9.17, 15) is 0 Å². The van der Waals surface area contributed by atoms with Gasteiger partial charge in [-0.05, 0) is 56.7 Å². The zero-order valence-electron chi connectivity index (χ0n) is 11.0. The lowest BCUT2D eigenvalue weighted by Gasteiger charge is -2.21. The van der Waals surface area contributed by atoms with Gasteiger partial charge >= 0.3 is 0 Å². The van der Waals surface area contributed by atoms with Crippen molar-refractivity contribution in [2.45, 2.75) is 45.6 Å². The van der Waals surface area contributed by atoms with Gasteiger partial charge in [-0.1, -0.05) is 15.9 Å². The molecule has 94 valence electrons. The summed E-state index contributed by atoms with van der Waals surface area (Å²) in [5, 5.41) is 0. The summed E-state index contributed by atoms with van der Waals surface area (Å²) in [6.45, 7) is 6.37. The lowest BCUT2D eigenvalue weighted by molar-refractivity contribution is 0.403. The summed E-state index contributed by atoms with van der Waals surface area (Å²) >= 11 is 3.68. The van der Waals surface area contributed by atoms with E-state index in [1.807, 2.05) is 0 Å². The maximum absolute atomic E-state index is 6.24. The molecular formula is C14H20BrNO. The van der Waals surface area contributed by atoms with E-state index in [0.717, 1.165) is 25.0 Å². The van der Waals surface area contributed by atoms with Crippen molar-refractivity contribution < 1.29 is 4.74 Å². The van der Waals surface area contributed by atoms with Crippen LogP contribution < -0.4 is 10.5 Å². The fourth-order valence-corrected chi connectivity index (χ4v) is 2.86. The molecule has 2 rings (SSSR count). The molecular weight excluding hydrogens is 278 g/mol. The van der Waals surface area contributed by atoms with Crippen molar-refractivity contribution in [1.29, 1.82) is 0 Å². The van der Waals surface area contributed by atoms with E-state index in [2.05, 4.69) is 36.7 Å². The van der Waals surface area contributed by atoms with Crippen molar-refractivity contribution in [2.75, 3.05) is 7.11 Å². The minimum atomic E-state index is 0.0131. The molecule has 0 aromatic heterocycles. The van der Waals surface area contributed by atoms with Crippen molar-refractivity contribution in [3.8, 4) is 5.75 Å². The molecule has 0 amide bonds. The van der Waals surface area contributed by atoms with Crippen LogP contribution in [0.15, 0.2) is 4.47 Å². The molecule has 0 aliphatic heterocycles. The van der Waals surface area contributed by atoms with Crippen LogP contribution in [0.25, 0.3) is 0 Å². The molecule has 0 saturated heterocycles. The Balaban J connectivity index is 2.55. The lowest BCUT2D eigenvalue weighted by Crippen LogP contribution is -2.25. The Labute approximate surface area is 112 Å². The van der Waals surface area contributed by atoms with Crippen LogP contribution in [-0.4, -0.2) is 12.6 Å². The first kappa shape index (κ1) is 12.9. The molecule has 0 spiro atoms. The fraction of sp³-hybridized carbons (Fsp3) is 0.571. The van der Waals surface area contributed by atoms with E-state index in [4.69, 9.17) is 10.5 Å². The molecule has 0 atom stereocenters. The van der Waals surface area contributed by atoms with Crippen LogP contribution in [-0.2, 0) is 6.42 Å². The molecule has 1 aliphatic rings. The van der Waals surface area contributed by atoms with Crippen molar-refractivity contribution in [2.24, 2.45) is 5.73 Å². The van der Waals surface area contributed by atoms with E-state index in [0.29, 0.717) is 0 Å². The summed E-state index contributed by atoms with van der Waals surface area (Å²) in [4.78, 5) is 0. The van der Waals surface area contributed by atoms with Crippen LogP contribution in [0.2, 0.25) is 0 Å². The normalized spacial score (nSPS) is 17.1. The van der Waals surface area contributed by atoms with Gasteiger partial charge in [-0.2, -0.15) is 0 Å². The molecule has 0 unspecified atom stereocenters. The van der Waals surface area contributed by atoms with Crippen molar-refractivity contribution in [3.05, 3.63) is 26.7 Å². The quantitative estimate of drug-likeness (QED) is 0.928. The number of rotatable bonds is 3. The second-order valence-corrected chi connectivity index (χ2v) is 6.03. The second-order valence-electron chi connectivity index (χ2n) is 5.24. The Kier molecular flexibility index (Phi) is 3.25. The summed E-state index contributed by atoms with van der Waals surface area (Å²) in [6.07, 6.45) is 3.17. The van der Waals surface area contributed by atoms with Gasteiger partial charge < -0.3 is 10.5 Å². The van der Waals surface area contributed by atoms with Gasteiger partial charge in [-0.15, -0.1) is 0 Å². The van der Waals surface area contributed by atoms with Gasteiger partial charge in [-0.3, -0.25) is 0 Å². The van der Waals surface area contributed by atoms with Gasteiger partial charge in [0.2, 0.25) is 0 Å². The zero-order chi connectivity index (χ0) is 12.8. The van der Waals surface area contributed by atoms with Crippen molar-refractivity contribution in [1.82, 2.24) is 0 Å². The minimum Gasteiger partial charge on any atom is -0.496 e. The average molecular weight is 298 g/mol. The maximum atomic E-state index is 6.24. The second kappa shape index (κ2) is 4.29. The third kappa shape index (κ3) is 2.23. The average Bonchev–Trinajstić information content (AvgIpc) is 3.02. The molecule has 1 saturated carbocycles. The summed E-state index contributed by atoms with van der Waals surface area (Å²) in [7, 11) is 1.74. The first-order chi connectivity index (χ1) is 7.89. The first-order valence-electron chi connectivity index (χ1n) is 6.00. The smallest absolute Gasteiger partial charge is 0.125 e. The lowest BCUT2D eigenvalue weighted by atomic mass is 9.93. The van der Waals surface area contributed by atoms with Crippen LogP contribution >= 0.6 is 15.9 Å². The maximum Gasteiger partial charge on any atom is 0.125 e. The van der Waals surface area contributed by atoms with Crippen LogP contribution in [0.1, 0.15) is 35.1 Å². The third-order valence-corrected chi connectivity index (χ3v) is 5.10. The number of ether oxygens (including phenoxy) is 1. The van der Waals surface area contributed by atoms with Gasteiger partial charge in [0.25, 0.3) is 0 Å².